The highest BCUT2D eigenvalue weighted by molar-refractivity contribution is 6.24. The monoisotopic (exact) mass is 615 g/mol. The van der Waals surface area contributed by atoms with E-state index in [-0.39, 0.29) is 23.3 Å². The van der Waals surface area contributed by atoms with E-state index < -0.39 is 11.9 Å². The highest BCUT2D eigenvalue weighted by Gasteiger charge is 2.14. The van der Waals surface area contributed by atoms with Crippen LogP contribution in [0.4, 0.5) is 0 Å². The summed E-state index contributed by atoms with van der Waals surface area (Å²) in [6, 6.07) is 32.7. The Bertz CT molecular complexity index is 2340. The summed E-state index contributed by atoms with van der Waals surface area (Å²) in [6.45, 7) is 2.09. The maximum Gasteiger partial charge on any atom is 0.335 e. The first kappa shape index (κ1) is 29.4. The van der Waals surface area contributed by atoms with Crippen molar-refractivity contribution in [3.63, 3.8) is 0 Å². The van der Waals surface area contributed by atoms with E-state index in [1.165, 1.54) is 68.7 Å². The summed E-state index contributed by atoms with van der Waals surface area (Å²) in [5, 5.41) is 26.2. The third-order valence-electron chi connectivity index (χ3n) is 8.46. The lowest BCUT2D eigenvalue weighted by molar-refractivity contribution is -0.132. The minimum atomic E-state index is -1.17. The molecule has 7 rings (SSSR count). The molecule has 0 saturated heterocycles. The summed E-state index contributed by atoms with van der Waals surface area (Å²) < 4.78 is 0. The Morgan fingerprint density at radius 2 is 1.26 bits per heavy atom. The summed E-state index contributed by atoms with van der Waals surface area (Å²) >= 11 is 0. The lowest BCUT2D eigenvalue weighted by Crippen LogP contribution is -2.05. The largest absolute Gasteiger partial charge is 0.478 e. The molecule has 0 aliphatic rings. The molecule has 0 atom stereocenters. The molecule has 2 heterocycles. The van der Waals surface area contributed by atoms with E-state index in [4.69, 9.17) is 5.73 Å². The number of rotatable bonds is 8. The first-order chi connectivity index (χ1) is 22.7. The lowest BCUT2D eigenvalue weighted by atomic mass is 9.89. The van der Waals surface area contributed by atoms with Crippen molar-refractivity contribution in [2.24, 2.45) is 5.73 Å². The van der Waals surface area contributed by atoms with Crippen LogP contribution in [-0.4, -0.2) is 32.1 Å². The van der Waals surface area contributed by atoms with Crippen LogP contribution in [0, 0.1) is 6.92 Å². The Morgan fingerprint density at radius 1 is 0.681 bits per heavy atom. The summed E-state index contributed by atoms with van der Waals surface area (Å²) in [5.41, 5.74) is 13.0. The van der Waals surface area contributed by atoms with Crippen LogP contribution in [-0.2, 0) is 11.2 Å². The SMILES string of the molecule is Cc1ccc(-c2cc3ccc4cc(-c5ccnc(/C(N)=C/C(=C\Cc6cc(C(=O)O)ccn6)C(=O)O)c5)cc5ccc(c2)c3c45)cc1. The molecule has 0 amide bonds. The highest BCUT2D eigenvalue weighted by atomic mass is 16.4. The maximum atomic E-state index is 12.0. The van der Waals surface area contributed by atoms with E-state index >= 15 is 0 Å². The van der Waals surface area contributed by atoms with Crippen molar-refractivity contribution in [1.29, 1.82) is 0 Å². The minimum absolute atomic E-state index is 0.0503. The predicted molar refractivity (Wildman–Crippen MR) is 186 cm³/mol. The topological polar surface area (TPSA) is 126 Å². The zero-order chi connectivity index (χ0) is 32.7. The second-order valence-corrected chi connectivity index (χ2v) is 11.6. The Balaban J connectivity index is 1.22. The molecule has 0 unspecified atom stereocenters. The van der Waals surface area contributed by atoms with Gasteiger partial charge in [0.2, 0.25) is 0 Å². The van der Waals surface area contributed by atoms with Crippen LogP contribution in [0.5, 0.6) is 0 Å². The minimum Gasteiger partial charge on any atom is -0.478 e. The molecule has 0 aliphatic heterocycles. The second kappa shape index (κ2) is 11.9. The number of aliphatic carboxylic acids is 1. The van der Waals surface area contributed by atoms with Gasteiger partial charge in [0.25, 0.3) is 0 Å². The molecule has 228 valence electrons. The molecular weight excluding hydrogens is 586 g/mol. The van der Waals surface area contributed by atoms with Crippen LogP contribution >= 0.6 is 0 Å². The van der Waals surface area contributed by atoms with E-state index in [1.807, 2.05) is 12.1 Å². The number of carboxylic acids is 2. The maximum absolute atomic E-state index is 12.0. The number of nitrogens with two attached hydrogens (primary N) is 1. The third kappa shape index (κ3) is 5.78. The van der Waals surface area contributed by atoms with Gasteiger partial charge < -0.3 is 15.9 Å². The molecule has 0 saturated carbocycles. The zero-order valence-corrected chi connectivity index (χ0v) is 25.4. The fourth-order valence-corrected chi connectivity index (χ4v) is 6.07. The fourth-order valence-electron chi connectivity index (χ4n) is 6.07. The van der Waals surface area contributed by atoms with E-state index in [2.05, 4.69) is 89.7 Å². The number of aromatic nitrogens is 2. The number of carbonyl (C=O) groups is 2. The third-order valence-corrected chi connectivity index (χ3v) is 8.46. The second-order valence-electron chi connectivity index (χ2n) is 11.6. The molecule has 0 spiro atoms. The van der Waals surface area contributed by atoms with E-state index in [1.54, 1.807) is 6.20 Å². The average Bonchev–Trinajstić information content (AvgIpc) is 3.08. The quantitative estimate of drug-likeness (QED) is 0.0892. The first-order valence-corrected chi connectivity index (χ1v) is 15.1. The zero-order valence-electron chi connectivity index (χ0n) is 25.4. The Kier molecular flexibility index (Phi) is 7.42. The van der Waals surface area contributed by atoms with Gasteiger partial charge in [-0.2, -0.15) is 0 Å². The van der Waals surface area contributed by atoms with Crippen LogP contribution in [0.1, 0.15) is 27.3 Å². The molecule has 47 heavy (non-hydrogen) atoms. The number of nitrogens with zero attached hydrogens (tertiary/aromatic N) is 2. The number of aromatic carboxylic acids is 1. The number of pyridine rings is 2. The molecule has 0 aliphatic carbocycles. The number of hydrogen-bond acceptors (Lipinski definition) is 5. The van der Waals surface area contributed by atoms with Crippen LogP contribution in [0.2, 0.25) is 0 Å². The van der Waals surface area contributed by atoms with Gasteiger partial charge in [-0.1, -0.05) is 60.2 Å². The smallest absolute Gasteiger partial charge is 0.335 e. The standard InChI is InChI=1S/C40H29N3O4/c1-23-2-4-24(5-3-23)32-16-26-6-8-28-18-33(19-29-9-7-27(17-32)37(26)38(28)29)25-12-15-43-36(22-25)35(41)21-30(39(44)45)10-11-34-20-31(40(46)47)13-14-42-34/h2-10,12-22H,11,41H2,1H3,(H,44,45)(H,46,47)/b30-10+,35-21-. The summed E-state index contributed by atoms with van der Waals surface area (Å²) in [6.07, 6.45) is 5.98. The highest BCUT2D eigenvalue weighted by Crippen LogP contribution is 2.39. The van der Waals surface area contributed by atoms with E-state index in [0.29, 0.717) is 11.4 Å². The van der Waals surface area contributed by atoms with E-state index in [0.717, 1.165) is 21.9 Å². The summed E-state index contributed by atoms with van der Waals surface area (Å²) in [4.78, 5) is 31.9. The normalized spacial score (nSPS) is 12.3. The van der Waals surface area contributed by atoms with Gasteiger partial charge in [-0.15, -0.1) is 0 Å². The number of carboxylic acid groups (broad SMARTS) is 2. The van der Waals surface area contributed by atoms with Crippen LogP contribution < -0.4 is 5.73 Å². The number of aryl methyl sites for hydroxylation is 1. The first-order valence-electron chi connectivity index (χ1n) is 15.1. The average molecular weight is 616 g/mol. The van der Waals surface area contributed by atoms with Gasteiger partial charge in [-0.3, -0.25) is 9.97 Å². The predicted octanol–water partition coefficient (Wildman–Crippen LogP) is 8.27. The molecule has 7 nitrogen and oxygen atoms in total. The van der Waals surface area contributed by atoms with Gasteiger partial charge in [0.1, 0.15) is 0 Å². The molecule has 0 radical (unpaired) electrons. The van der Waals surface area contributed by atoms with Crippen molar-refractivity contribution in [2.45, 2.75) is 13.3 Å². The number of allylic oxidation sites excluding steroid dienone is 1. The number of benzene rings is 5. The van der Waals surface area contributed by atoms with Crippen molar-refractivity contribution in [3.05, 3.63) is 150 Å². The van der Waals surface area contributed by atoms with Crippen LogP contribution in [0.15, 0.2) is 127 Å². The van der Waals surface area contributed by atoms with Gasteiger partial charge in [-0.05, 0) is 116 Å². The molecule has 4 N–H and O–H groups in total. The molecular formula is C40H29N3O4. The summed E-state index contributed by atoms with van der Waals surface area (Å²) in [7, 11) is 0. The van der Waals surface area contributed by atoms with Gasteiger partial charge in [0, 0.05) is 24.5 Å². The number of hydrogen-bond donors (Lipinski definition) is 3. The Hall–Kier alpha value is -6.34. The Labute approximate surface area is 270 Å². The molecule has 0 bridgehead atoms. The van der Waals surface area contributed by atoms with Crippen molar-refractivity contribution < 1.29 is 19.8 Å². The van der Waals surface area contributed by atoms with Gasteiger partial charge in [0.15, 0.2) is 0 Å². The van der Waals surface area contributed by atoms with Gasteiger partial charge in [-0.25, -0.2) is 9.59 Å². The van der Waals surface area contributed by atoms with Gasteiger partial charge >= 0.3 is 11.9 Å². The molecule has 7 heteroatoms. The summed E-state index contributed by atoms with van der Waals surface area (Å²) in [5.74, 6) is -2.25. The van der Waals surface area contributed by atoms with Crippen molar-refractivity contribution in [3.8, 4) is 22.3 Å². The lowest BCUT2D eigenvalue weighted by Gasteiger charge is -2.15. The van der Waals surface area contributed by atoms with Gasteiger partial charge in [0.05, 0.1) is 22.5 Å². The Morgan fingerprint density at radius 3 is 1.83 bits per heavy atom. The van der Waals surface area contributed by atoms with Crippen LogP contribution in [0.3, 0.4) is 0 Å². The van der Waals surface area contributed by atoms with Crippen molar-refractivity contribution >= 4 is 50.0 Å². The fraction of sp³-hybridized carbons (Fsp3) is 0.0500. The molecule has 5 aromatic carbocycles. The molecule has 7 aromatic rings. The van der Waals surface area contributed by atoms with Crippen molar-refractivity contribution in [1.82, 2.24) is 9.97 Å². The molecule has 0 fully saturated rings. The van der Waals surface area contributed by atoms with Crippen molar-refractivity contribution in [2.75, 3.05) is 0 Å². The van der Waals surface area contributed by atoms with Crippen LogP contribution in [0.25, 0.3) is 60.3 Å². The van der Waals surface area contributed by atoms with E-state index in [9.17, 15) is 19.8 Å². The molecule has 2 aromatic heterocycles.